The molecule has 1 aromatic rings. The van der Waals surface area contributed by atoms with Gasteiger partial charge in [0.2, 0.25) is 0 Å². The minimum atomic E-state index is -3.23. The van der Waals surface area contributed by atoms with E-state index < -0.39 is 27.7 Å². The molecule has 1 aromatic carbocycles. The number of hydrogen-bond donors (Lipinski definition) is 1. The molecule has 2 rings (SSSR count). The first-order valence-corrected chi connectivity index (χ1v) is 8.57. The van der Waals surface area contributed by atoms with Gasteiger partial charge in [-0.15, -0.1) is 0 Å². The SMILES string of the molecule is O=C(O)CC1CS(=O)(=O)CCN1Cc1cc(F)ccc1Cl. The number of halogens is 2. The summed E-state index contributed by atoms with van der Waals surface area (Å²) in [5.74, 6) is -1.73. The molecule has 116 valence electrons. The normalized spacial score (nSPS) is 22.1. The van der Waals surface area contributed by atoms with E-state index in [1.165, 1.54) is 18.2 Å². The van der Waals surface area contributed by atoms with Gasteiger partial charge in [-0.1, -0.05) is 11.6 Å². The van der Waals surface area contributed by atoms with Crippen molar-refractivity contribution in [2.75, 3.05) is 18.1 Å². The van der Waals surface area contributed by atoms with E-state index in [1.54, 1.807) is 4.90 Å². The zero-order valence-corrected chi connectivity index (χ0v) is 12.7. The van der Waals surface area contributed by atoms with Crippen molar-refractivity contribution in [1.29, 1.82) is 0 Å². The molecule has 0 aliphatic carbocycles. The minimum absolute atomic E-state index is 0.0317. The van der Waals surface area contributed by atoms with Gasteiger partial charge in [0, 0.05) is 24.2 Å². The van der Waals surface area contributed by atoms with Gasteiger partial charge < -0.3 is 5.11 Å². The van der Waals surface area contributed by atoms with Crippen molar-refractivity contribution in [2.45, 2.75) is 19.0 Å². The maximum atomic E-state index is 13.3. The van der Waals surface area contributed by atoms with Crippen molar-refractivity contribution >= 4 is 27.4 Å². The highest BCUT2D eigenvalue weighted by molar-refractivity contribution is 7.91. The Morgan fingerprint density at radius 1 is 1.48 bits per heavy atom. The lowest BCUT2D eigenvalue weighted by Gasteiger charge is -2.34. The maximum Gasteiger partial charge on any atom is 0.304 e. The summed E-state index contributed by atoms with van der Waals surface area (Å²) in [6.45, 7) is 0.442. The molecule has 1 saturated heterocycles. The number of nitrogens with zero attached hydrogens (tertiary/aromatic N) is 1. The zero-order chi connectivity index (χ0) is 15.6. The molecule has 0 spiro atoms. The molecule has 21 heavy (non-hydrogen) atoms. The van der Waals surface area contributed by atoms with Gasteiger partial charge in [-0.25, -0.2) is 12.8 Å². The van der Waals surface area contributed by atoms with Gasteiger partial charge in [0.25, 0.3) is 0 Å². The van der Waals surface area contributed by atoms with E-state index in [4.69, 9.17) is 16.7 Å². The van der Waals surface area contributed by atoms with E-state index in [0.717, 1.165) is 0 Å². The second-order valence-corrected chi connectivity index (χ2v) is 7.71. The average Bonchev–Trinajstić information content (AvgIpc) is 2.35. The third-order valence-electron chi connectivity index (χ3n) is 3.44. The summed E-state index contributed by atoms with van der Waals surface area (Å²) in [6.07, 6.45) is -0.272. The van der Waals surface area contributed by atoms with E-state index in [2.05, 4.69) is 0 Å². The number of sulfone groups is 1. The molecule has 5 nitrogen and oxygen atoms in total. The molecule has 0 saturated carbocycles. The van der Waals surface area contributed by atoms with Crippen molar-refractivity contribution in [3.8, 4) is 0 Å². The van der Waals surface area contributed by atoms with Gasteiger partial charge in [0.1, 0.15) is 5.82 Å². The van der Waals surface area contributed by atoms with Crippen LogP contribution >= 0.6 is 11.6 Å². The summed E-state index contributed by atoms with van der Waals surface area (Å²) in [5, 5.41) is 9.28. The minimum Gasteiger partial charge on any atom is -0.481 e. The standard InChI is InChI=1S/C13H15ClFNO4S/c14-12-2-1-10(15)5-9(12)7-16-3-4-21(19,20)8-11(16)6-13(17)18/h1-2,5,11H,3-4,6-8H2,(H,17,18). The van der Waals surface area contributed by atoms with Gasteiger partial charge in [0.05, 0.1) is 17.9 Å². The summed E-state index contributed by atoms with van der Waals surface area (Å²) in [4.78, 5) is 12.6. The maximum absolute atomic E-state index is 13.3. The van der Waals surface area contributed by atoms with E-state index in [-0.39, 0.29) is 31.0 Å². The second kappa shape index (κ2) is 6.29. The van der Waals surface area contributed by atoms with E-state index in [0.29, 0.717) is 10.6 Å². The van der Waals surface area contributed by atoms with Crippen LogP contribution in [0.25, 0.3) is 0 Å². The predicted molar refractivity (Wildman–Crippen MR) is 76.5 cm³/mol. The molecule has 8 heteroatoms. The highest BCUT2D eigenvalue weighted by Gasteiger charge is 2.32. The van der Waals surface area contributed by atoms with Crippen molar-refractivity contribution in [3.63, 3.8) is 0 Å². The van der Waals surface area contributed by atoms with Crippen LogP contribution < -0.4 is 0 Å². The Morgan fingerprint density at radius 3 is 2.86 bits per heavy atom. The van der Waals surface area contributed by atoms with Gasteiger partial charge >= 0.3 is 5.97 Å². The molecule has 1 atom stereocenters. The number of carbonyl (C=O) groups is 1. The Kier molecular flexibility index (Phi) is 4.85. The van der Waals surface area contributed by atoms with Crippen LogP contribution in [-0.4, -0.2) is 48.5 Å². The lowest BCUT2D eigenvalue weighted by atomic mass is 10.1. The molecule has 0 amide bonds. The lowest BCUT2D eigenvalue weighted by Crippen LogP contribution is -2.48. The molecule has 1 N–H and O–H groups in total. The Balaban J connectivity index is 2.20. The number of aliphatic carboxylic acids is 1. The fourth-order valence-electron chi connectivity index (χ4n) is 2.40. The number of hydrogen-bond acceptors (Lipinski definition) is 4. The first-order chi connectivity index (χ1) is 9.77. The van der Waals surface area contributed by atoms with Crippen LogP contribution in [0.1, 0.15) is 12.0 Å². The Morgan fingerprint density at radius 2 is 2.19 bits per heavy atom. The summed E-state index contributed by atoms with van der Waals surface area (Å²) >= 11 is 6.00. The smallest absolute Gasteiger partial charge is 0.304 e. The first-order valence-electron chi connectivity index (χ1n) is 6.37. The fourth-order valence-corrected chi connectivity index (χ4v) is 4.17. The summed E-state index contributed by atoms with van der Waals surface area (Å²) in [6, 6.07) is 3.32. The van der Waals surface area contributed by atoms with Crippen molar-refractivity contribution in [2.24, 2.45) is 0 Å². The third kappa shape index (κ3) is 4.39. The average molecular weight is 336 g/mol. The monoisotopic (exact) mass is 335 g/mol. The summed E-state index contributed by atoms with van der Waals surface area (Å²) in [7, 11) is -3.23. The molecule has 1 aliphatic heterocycles. The van der Waals surface area contributed by atoms with Gasteiger partial charge in [-0.2, -0.15) is 0 Å². The molecule has 0 bridgehead atoms. The Bertz CT molecular complexity index is 650. The molecule has 0 radical (unpaired) electrons. The van der Waals surface area contributed by atoms with Crippen molar-refractivity contribution < 1.29 is 22.7 Å². The molecule has 0 aromatic heterocycles. The molecule has 1 aliphatic rings. The highest BCUT2D eigenvalue weighted by atomic mass is 35.5. The first kappa shape index (κ1) is 16.2. The van der Waals surface area contributed by atoms with Gasteiger partial charge in [-0.05, 0) is 23.8 Å². The summed E-state index contributed by atoms with van der Waals surface area (Å²) in [5.41, 5.74) is 0.520. The fraction of sp³-hybridized carbons (Fsp3) is 0.462. The van der Waals surface area contributed by atoms with Gasteiger partial charge in [-0.3, -0.25) is 9.69 Å². The molecule has 1 fully saturated rings. The highest BCUT2D eigenvalue weighted by Crippen LogP contribution is 2.23. The largest absolute Gasteiger partial charge is 0.481 e. The van der Waals surface area contributed by atoms with Crippen molar-refractivity contribution in [3.05, 3.63) is 34.6 Å². The predicted octanol–water partition coefficient (Wildman–Crippen LogP) is 1.55. The summed E-state index contributed by atoms with van der Waals surface area (Å²) < 4.78 is 36.6. The van der Waals surface area contributed by atoms with Crippen LogP contribution in [0.5, 0.6) is 0 Å². The molecule has 1 unspecified atom stereocenters. The Labute approximate surface area is 127 Å². The number of rotatable bonds is 4. The van der Waals surface area contributed by atoms with Gasteiger partial charge in [0.15, 0.2) is 9.84 Å². The number of benzene rings is 1. The second-order valence-electron chi connectivity index (χ2n) is 5.07. The van der Waals surface area contributed by atoms with Crippen LogP contribution in [-0.2, 0) is 21.2 Å². The van der Waals surface area contributed by atoms with Crippen LogP contribution in [0, 0.1) is 5.82 Å². The van der Waals surface area contributed by atoms with Crippen LogP contribution in [0.4, 0.5) is 4.39 Å². The Hall–Kier alpha value is -1.18. The van der Waals surface area contributed by atoms with E-state index >= 15 is 0 Å². The van der Waals surface area contributed by atoms with Crippen LogP contribution in [0.15, 0.2) is 18.2 Å². The molecular formula is C13H15ClFNO4S. The third-order valence-corrected chi connectivity index (χ3v) is 5.51. The van der Waals surface area contributed by atoms with Crippen LogP contribution in [0.2, 0.25) is 5.02 Å². The number of carboxylic acid groups (broad SMARTS) is 1. The van der Waals surface area contributed by atoms with E-state index in [1.807, 2.05) is 0 Å². The molecule has 1 heterocycles. The molecular weight excluding hydrogens is 321 g/mol. The number of carboxylic acids is 1. The van der Waals surface area contributed by atoms with Crippen molar-refractivity contribution in [1.82, 2.24) is 4.90 Å². The topological polar surface area (TPSA) is 74.7 Å². The lowest BCUT2D eigenvalue weighted by molar-refractivity contribution is -0.138. The quantitative estimate of drug-likeness (QED) is 0.903. The van der Waals surface area contributed by atoms with E-state index in [9.17, 15) is 17.6 Å². The van der Waals surface area contributed by atoms with Crippen LogP contribution in [0.3, 0.4) is 0 Å². The zero-order valence-electron chi connectivity index (χ0n) is 11.1.